The quantitative estimate of drug-likeness (QED) is 0.720. The summed E-state index contributed by atoms with van der Waals surface area (Å²) in [7, 11) is 0. The lowest BCUT2D eigenvalue weighted by Crippen LogP contribution is -2.37. The van der Waals surface area contributed by atoms with Crippen molar-refractivity contribution in [2.24, 2.45) is 0 Å². The van der Waals surface area contributed by atoms with Crippen molar-refractivity contribution in [3.8, 4) is 11.4 Å². The van der Waals surface area contributed by atoms with E-state index in [1.807, 2.05) is 6.07 Å². The summed E-state index contributed by atoms with van der Waals surface area (Å²) in [5.74, 6) is -0.281. The Balaban J connectivity index is 1.37. The average molecular weight is 391 g/mol. The zero-order valence-corrected chi connectivity index (χ0v) is 15.5. The van der Waals surface area contributed by atoms with Crippen LogP contribution in [-0.2, 0) is 11.3 Å². The van der Waals surface area contributed by atoms with E-state index < -0.39 is 0 Å². The van der Waals surface area contributed by atoms with Crippen LogP contribution in [0.25, 0.3) is 11.4 Å². The van der Waals surface area contributed by atoms with Crippen molar-refractivity contribution in [3.05, 3.63) is 78.1 Å². The molecule has 2 aromatic heterocycles. The second kappa shape index (κ2) is 8.14. The number of amides is 2. The molecule has 1 aliphatic rings. The third kappa shape index (κ3) is 4.43. The smallest absolute Gasteiger partial charge is 0.254 e. The lowest BCUT2D eigenvalue weighted by Gasteiger charge is -2.17. The second-order valence-corrected chi connectivity index (χ2v) is 6.82. The molecule has 1 saturated heterocycles. The Morgan fingerprint density at radius 3 is 2.72 bits per heavy atom. The van der Waals surface area contributed by atoms with E-state index in [-0.39, 0.29) is 30.1 Å². The maximum absolute atomic E-state index is 13.3. The van der Waals surface area contributed by atoms with Gasteiger partial charge in [0.2, 0.25) is 5.91 Å². The molecular formula is C21H18FN5O2. The fraction of sp³-hybridized carbons (Fsp3) is 0.190. The van der Waals surface area contributed by atoms with Gasteiger partial charge in [-0.3, -0.25) is 14.6 Å². The normalized spacial score (nSPS) is 16.1. The van der Waals surface area contributed by atoms with E-state index in [4.69, 9.17) is 0 Å². The minimum absolute atomic E-state index is 0.0808. The van der Waals surface area contributed by atoms with Gasteiger partial charge in [-0.1, -0.05) is 12.1 Å². The predicted molar refractivity (Wildman–Crippen MR) is 103 cm³/mol. The zero-order valence-electron chi connectivity index (χ0n) is 15.5. The maximum atomic E-state index is 13.3. The van der Waals surface area contributed by atoms with Crippen molar-refractivity contribution in [1.82, 2.24) is 25.2 Å². The Kier molecular flexibility index (Phi) is 5.24. The number of halogens is 1. The molecule has 1 atom stereocenters. The van der Waals surface area contributed by atoms with Crippen molar-refractivity contribution in [3.63, 3.8) is 0 Å². The summed E-state index contributed by atoms with van der Waals surface area (Å²) in [6.45, 7) is 0.682. The molecule has 146 valence electrons. The van der Waals surface area contributed by atoms with Crippen LogP contribution in [0.15, 0.2) is 61.2 Å². The monoisotopic (exact) mass is 391 g/mol. The molecule has 0 radical (unpaired) electrons. The van der Waals surface area contributed by atoms with Crippen LogP contribution in [0.4, 0.5) is 4.39 Å². The van der Waals surface area contributed by atoms with Crippen LogP contribution in [0.2, 0.25) is 0 Å². The first-order valence-electron chi connectivity index (χ1n) is 9.14. The number of pyridine rings is 1. The van der Waals surface area contributed by atoms with E-state index in [1.165, 1.54) is 24.5 Å². The van der Waals surface area contributed by atoms with Crippen LogP contribution in [0.5, 0.6) is 0 Å². The molecule has 4 rings (SSSR count). The van der Waals surface area contributed by atoms with Crippen LogP contribution in [0.3, 0.4) is 0 Å². The molecule has 0 bridgehead atoms. The number of aromatic nitrogens is 3. The van der Waals surface area contributed by atoms with E-state index in [2.05, 4.69) is 20.3 Å². The number of hydrogen-bond donors (Lipinski definition) is 1. The Bertz CT molecular complexity index is 1030. The van der Waals surface area contributed by atoms with Crippen molar-refractivity contribution in [2.45, 2.75) is 19.0 Å². The number of carbonyl (C=O) groups is 2. The van der Waals surface area contributed by atoms with Gasteiger partial charge in [0, 0.05) is 49.9 Å². The second-order valence-electron chi connectivity index (χ2n) is 6.82. The number of nitrogens with zero attached hydrogens (tertiary/aromatic N) is 4. The Hall–Kier alpha value is -3.68. The van der Waals surface area contributed by atoms with E-state index >= 15 is 0 Å². The molecule has 3 heterocycles. The lowest BCUT2D eigenvalue weighted by molar-refractivity contribution is -0.128. The van der Waals surface area contributed by atoms with Crippen molar-refractivity contribution in [2.75, 3.05) is 6.54 Å². The summed E-state index contributed by atoms with van der Waals surface area (Å²) in [5.41, 5.74) is 1.78. The predicted octanol–water partition coefficient (Wildman–Crippen LogP) is 2.21. The van der Waals surface area contributed by atoms with E-state index in [1.54, 1.807) is 35.5 Å². The van der Waals surface area contributed by atoms with E-state index in [9.17, 15) is 14.0 Å². The van der Waals surface area contributed by atoms with Crippen LogP contribution in [0.1, 0.15) is 22.3 Å². The first kappa shape index (κ1) is 18.7. The van der Waals surface area contributed by atoms with Gasteiger partial charge < -0.3 is 10.2 Å². The number of hydrogen-bond acceptors (Lipinski definition) is 5. The first-order valence-corrected chi connectivity index (χ1v) is 9.14. The van der Waals surface area contributed by atoms with Crippen molar-refractivity contribution < 1.29 is 14.0 Å². The number of carbonyl (C=O) groups excluding carboxylic acids is 2. The molecule has 1 N–H and O–H groups in total. The molecule has 1 aliphatic heterocycles. The maximum Gasteiger partial charge on any atom is 0.254 e. The standard InChI is InChI=1S/C21H18FN5O2/c22-17-5-1-3-14(7-17)12-27-13-18(8-19(27)28)26-21(29)16-10-24-20(25-11-16)15-4-2-6-23-9-15/h1-7,9-11,18H,8,12-13H2,(H,26,29). The molecule has 1 unspecified atom stereocenters. The number of benzene rings is 1. The van der Waals surface area contributed by atoms with Crippen LogP contribution in [0, 0.1) is 5.82 Å². The average Bonchev–Trinajstić information content (AvgIpc) is 3.07. The van der Waals surface area contributed by atoms with Gasteiger partial charge in [-0.15, -0.1) is 0 Å². The fourth-order valence-electron chi connectivity index (χ4n) is 3.24. The fourth-order valence-corrected chi connectivity index (χ4v) is 3.24. The van der Waals surface area contributed by atoms with Gasteiger partial charge in [-0.05, 0) is 29.8 Å². The lowest BCUT2D eigenvalue weighted by atomic mass is 10.2. The van der Waals surface area contributed by atoms with Gasteiger partial charge in [0.05, 0.1) is 11.6 Å². The highest BCUT2D eigenvalue weighted by molar-refractivity contribution is 5.94. The van der Waals surface area contributed by atoms with Crippen LogP contribution < -0.4 is 5.32 Å². The number of likely N-dealkylation sites (tertiary alicyclic amines) is 1. The third-order valence-corrected chi connectivity index (χ3v) is 4.65. The SMILES string of the molecule is O=C(NC1CC(=O)N(Cc2cccc(F)c2)C1)c1cnc(-c2cccnc2)nc1. The van der Waals surface area contributed by atoms with E-state index in [0.29, 0.717) is 30.0 Å². The third-order valence-electron chi connectivity index (χ3n) is 4.65. The van der Waals surface area contributed by atoms with Gasteiger partial charge >= 0.3 is 0 Å². The Morgan fingerprint density at radius 2 is 2.00 bits per heavy atom. The summed E-state index contributed by atoms with van der Waals surface area (Å²) in [4.78, 5) is 38.8. The van der Waals surface area contributed by atoms with Crippen molar-refractivity contribution in [1.29, 1.82) is 0 Å². The van der Waals surface area contributed by atoms with Gasteiger partial charge in [-0.2, -0.15) is 0 Å². The number of nitrogens with one attached hydrogen (secondary N) is 1. The van der Waals surface area contributed by atoms with Gasteiger partial charge in [0.15, 0.2) is 5.82 Å². The summed E-state index contributed by atoms with van der Waals surface area (Å²) < 4.78 is 13.3. The zero-order chi connectivity index (χ0) is 20.2. The highest BCUT2D eigenvalue weighted by Crippen LogP contribution is 2.17. The van der Waals surface area contributed by atoms with Crippen LogP contribution >= 0.6 is 0 Å². The van der Waals surface area contributed by atoms with E-state index in [0.717, 1.165) is 5.56 Å². The topological polar surface area (TPSA) is 88.1 Å². The highest BCUT2D eigenvalue weighted by atomic mass is 19.1. The van der Waals surface area contributed by atoms with Gasteiger partial charge in [-0.25, -0.2) is 14.4 Å². The molecule has 8 heteroatoms. The summed E-state index contributed by atoms with van der Waals surface area (Å²) >= 11 is 0. The summed E-state index contributed by atoms with van der Waals surface area (Å²) in [6.07, 6.45) is 6.41. The summed E-state index contributed by atoms with van der Waals surface area (Å²) in [5, 5.41) is 2.84. The largest absolute Gasteiger partial charge is 0.347 e. The van der Waals surface area contributed by atoms with Crippen molar-refractivity contribution >= 4 is 11.8 Å². The molecule has 0 spiro atoms. The molecule has 0 aliphatic carbocycles. The first-order chi connectivity index (χ1) is 14.1. The molecular weight excluding hydrogens is 373 g/mol. The molecule has 7 nitrogen and oxygen atoms in total. The Morgan fingerprint density at radius 1 is 1.17 bits per heavy atom. The molecule has 1 aromatic carbocycles. The Labute approximate surface area is 166 Å². The minimum atomic E-state index is -0.340. The highest BCUT2D eigenvalue weighted by Gasteiger charge is 2.30. The van der Waals surface area contributed by atoms with Gasteiger partial charge in [0.1, 0.15) is 5.82 Å². The van der Waals surface area contributed by atoms with Crippen LogP contribution in [-0.4, -0.2) is 44.3 Å². The minimum Gasteiger partial charge on any atom is -0.347 e. The number of rotatable bonds is 5. The molecule has 29 heavy (non-hydrogen) atoms. The molecule has 1 fully saturated rings. The molecule has 2 amide bonds. The molecule has 0 saturated carbocycles. The van der Waals surface area contributed by atoms with Gasteiger partial charge in [0.25, 0.3) is 5.91 Å². The molecule has 3 aromatic rings. The summed E-state index contributed by atoms with van der Waals surface area (Å²) in [6, 6.07) is 9.44.